The molecule has 10 heavy (non-hydrogen) atoms. The zero-order valence-electron chi connectivity index (χ0n) is 5.76. The van der Waals surface area contributed by atoms with Gasteiger partial charge in [0.05, 0.1) is 11.8 Å². The summed E-state index contributed by atoms with van der Waals surface area (Å²) >= 11 is 2.09. The lowest BCUT2D eigenvalue weighted by molar-refractivity contribution is 0.101. The fraction of sp³-hybridized carbons (Fsp3) is 0.333. The first-order valence-electron chi connectivity index (χ1n) is 2.81. The number of rotatable bonds is 1. The van der Waals surface area contributed by atoms with Gasteiger partial charge in [-0.3, -0.25) is 9.48 Å². The number of carbonyl (C=O) groups is 1. The molecule has 4 heteroatoms. The lowest BCUT2D eigenvalue weighted by Crippen LogP contribution is -1.96. The molecule has 0 saturated carbocycles. The molecule has 0 fully saturated rings. The van der Waals surface area contributed by atoms with Gasteiger partial charge in [0.25, 0.3) is 0 Å². The van der Waals surface area contributed by atoms with Crippen molar-refractivity contribution in [3.8, 4) is 0 Å². The number of halogens is 1. The molecule has 0 N–H and O–H groups in total. The van der Waals surface area contributed by atoms with E-state index < -0.39 is 0 Å². The summed E-state index contributed by atoms with van der Waals surface area (Å²) in [6, 6.07) is 0. The van der Waals surface area contributed by atoms with E-state index in [0.29, 0.717) is 5.56 Å². The predicted octanol–water partition coefficient (Wildman–Crippen LogP) is 1.23. The number of aromatic nitrogens is 2. The molecule has 54 valence electrons. The summed E-state index contributed by atoms with van der Waals surface area (Å²) < 4.78 is 2.57. The molecule has 0 aliphatic heterocycles. The third-order valence-electron chi connectivity index (χ3n) is 1.25. The summed E-state index contributed by atoms with van der Waals surface area (Å²) in [4.78, 5) is 10.8. The first-order valence-corrected chi connectivity index (χ1v) is 3.89. The van der Waals surface area contributed by atoms with Crippen LogP contribution in [0.4, 0.5) is 0 Å². The molecular weight excluding hydrogens is 243 g/mol. The van der Waals surface area contributed by atoms with Crippen molar-refractivity contribution in [1.82, 2.24) is 9.78 Å². The largest absolute Gasteiger partial charge is 0.294 e. The van der Waals surface area contributed by atoms with Crippen LogP contribution >= 0.6 is 22.6 Å². The van der Waals surface area contributed by atoms with Crippen LogP contribution in [0.2, 0.25) is 0 Å². The van der Waals surface area contributed by atoms with Gasteiger partial charge < -0.3 is 0 Å². The Bertz CT molecular complexity index is 267. The van der Waals surface area contributed by atoms with Crippen molar-refractivity contribution >= 4 is 28.4 Å². The van der Waals surface area contributed by atoms with Crippen LogP contribution < -0.4 is 0 Å². The minimum atomic E-state index is 0.0671. The van der Waals surface area contributed by atoms with Crippen LogP contribution in [0.25, 0.3) is 0 Å². The van der Waals surface area contributed by atoms with E-state index in [1.54, 1.807) is 17.8 Å². The Kier molecular flexibility index (Phi) is 2.08. The highest BCUT2D eigenvalue weighted by Crippen LogP contribution is 2.09. The Morgan fingerprint density at radius 1 is 1.80 bits per heavy atom. The van der Waals surface area contributed by atoms with E-state index in [0.717, 1.165) is 3.70 Å². The zero-order valence-corrected chi connectivity index (χ0v) is 7.92. The van der Waals surface area contributed by atoms with E-state index in [1.807, 2.05) is 7.05 Å². The number of carbonyl (C=O) groups excluding carboxylic acids is 1. The van der Waals surface area contributed by atoms with Crippen LogP contribution in [0.5, 0.6) is 0 Å². The van der Waals surface area contributed by atoms with Crippen molar-refractivity contribution in [3.63, 3.8) is 0 Å². The normalized spacial score (nSPS) is 9.90. The van der Waals surface area contributed by atoms with E-state index in [9.17, 15) is 4.79 Å². The molecular formula is C6H7IN2O. The molecule has 1 heterocycles. The number of Topliss-reactive ketones (excluding diaryl/α,β-unsaturated/α-hetero) is 1. The SMILES string of the molecule is CC(=O)c1cnn(C)c1I. The second-order valence-corrected chi connectivity index (χ2v) is 3.05. The van der Waals surface area contributed by atoms with Gasteiger partial charge in [0.2, 0.25) is 0 Å². The first kappa shape index (κ1) is 7.71. The maximum atomic E-state index is 10.8. The van der Waals surface area contributed by atoms with E-state index in [-0.39, 0.29) is 5.78 Å². The van der Waals surface area contributed by atoms with Gasteiger partial charge in [-0.25, -0.2) is 0 Å². The van der Waals surface area contributed by atoms with Crippen LogP contribution in [0.3, 0.4) is 0 Å². The fourth-order valence-corrected chi connectivity index (χ4v) is 1.30. The molecule has 3 nitrogen and oxygen atoms in total. The summed E-state index contributed by atoms with van der Waals surface area (Å²) in [5.74, 6) is 0.0671. The van der Waals surface area contributed by atoms with Crippen molar-refractivity contribution in [2.45, 2.75) is 6.92 Å². The third-order valence-corrected chi connectivity index (χ3v) is 2.52. The van der Waals surface area contributed by atoms with Crippen LogP contribution in [0.15, 0.2) is 6.20 Å². The number of ketones is 1. The van der Waals surface area contributed by atoms with Crippen LogP contribution in [-0.4, -0.2) is 15.6 Å². The van der Waals surface area contributed by atoms with Crippen molar-refractivity contribution in [1.29, 1.82) is 0 Å². The summed E-state index contributed by atoms with van der Waals surface area (Å²) in [5.41, 5.74) is 0.697. The summed E-state index contributed by atoms with van der Waals surface area (Å²) in [7, 11) is 1.81. The highest BCUT2D eigenvalue weighted by molar-refractivity contribution is 14.1. The summed E-state index contributed by atoms with van der Waals surface area (Å²) in [6.07, 6.45) is 1.59. The Hall–Kier alpha value is -0.390. The van der Waals surface area contributed by atoms with E-state index in [1.165, 1.54) is 0 Å². The maximum Gasteiger partial charge on any atom is 0.164 e. The minimum absolute atomic E-state index is 0.0671. The molecule has 0 aliphatic carbocycles. The molecule has 0 aliphatic rings. The highest BCUT2D eigenvalue weighted by Gasteiger charge is 2.07. The van der Waals surface area contributed by atoms with Crippen molar-refractivity contribution in [3.05, 3.63) is 15.5 Å². The monoisotopic (exact) mass is 250 g/mol. The Balaban J connectivity index is 3.17. The maximum absolute atomic E-state index is 10.8. The number of nitrogens with zero attached hydrogens (tertiary/aromatic N) is 2. The third kappa shape index (κ3) is 1.21. The van der Waals surface area contributed by atoms with E-state index in [2.05, 4.69) is 27.7 Å². The lowest BCUT2D eigenvalue weighted by atomic mass is 10.3. The van der Waals surface area contributed by atoms with Gasteiger partial charge in [-0.15, -0.1) is 0 Å². The quantitative estimate of drug-likeness (QED) is 0.555. The van der Waals surface area contributed by atoms with Gasteiger partial charge >= 0.3 is 0 Å². The van der Waals surface area contributed by atoms with Gasteiger partial charge in [-0.1, -0.05) is 0 Å². The average Bonchev–Trinajstić information content (AvgIpc) is 2.14. The van der Waals surface area contributed by atoms with Crippen LogP contribution in [0, 0.1) is 3.70 Å². The van der Waals surface area contributed by atoms with Crippen molar-refractivity contribution < 1.29 is 4.79 Å². The van der Waals surface area contributed by atoms with Crippen LogP contribution in [-0.2, 0) is 7.05 Å². The minimum Gasteiger partial charge on any atom is -0.294 e. The summed E-state index contributed by atoms with van der Waals surface area (Å²) in [5, 5.41) is 3.93. The topological polar surface area (TPSA) is 34.9 Å². The molecule has 0 amide bonds. The molecule has 0 radical (unpaired) electrons. The van der Waals surface area contributed by atoms with Gasteiger partial charge in [0, 0.05) is 7.05 Å². The van der Waals surface area contributed by atoms with Gasteiger partial charge in [-0.05, 0) is 29.5 Å². The van der Waals surface area contributed by atoms with Gasteiger partial charge in [-0.2, -0.15) is 5.10 Å². The molecule has 0 saturated heterocycles. The van der Waals surface area contributed by atoms with E-state index in [4.69, 9.17) is 0 Å². The Morgan fingerprint density at radius 2 is 2.40 bits per heavy atom. The molecule has 1 aromatic heterocycles. The predicted molar refractivity (Wildman–Crippen MR) is 45.9 cm³/mol. The molecule has 0 spiro atoms. The molecule has 0 atom stereocenters. The first-order chi connectivity index (χ1) is 4.63. The number of hydrogen-bond donors (Lipinski definition) is 0. The van der Waals surface area contributed by atoms with Gasteiger partial charge in [0.15, 0.2) is 5.78 Å². The molecule has 0 bridgehead atoms. The van der Waals surface area contributed by atoms with Crippen LogP contribution in [0.1, 0.15) is 17.3 Å². The molecule has 0 aromatic carbocycles. The second kappa shape index (κ2) is 2.69. The van der Waals surface area contributed by atoms with Gasteiger partial charge in [0.1, 0.15) is 3.70 Å². The highest BCUT2D eigenvalue weighted by atomic mass is 127. The number of hydrogen-bond acceptors (Lipinski definition) is 2. The second-order valence-electron chi connectivity index (χ2n) is 2.03. The summed E-state index contributed by atoms with van der Waals surface area (Å²) in [6.45, 7) is 1.54. The Labute approximate surface area is 72.6 Å². The molecule has 1 aromatic rings. The zero-order chi connectivity index (χ0) is 7.72. The van der Waals surface area contributed by atoms with Crippen molar-refractivity contribution in [2.24, 2.45) is 7.05 Å². The lowest BCUT2D eigenvalue weighted by Gasteiger charge is -1.91. The Morgan fingerprint density at radius 3 is 2.60 bits per heavy atom. The van der Waals surface area contributed by atoms with Crippen molar-refractivity contribution in [2.75, 3.05) is 0 Å². The molecule has 0 unspecified atom stereocenters. The fourth-order valence-electron chi connectivity index (χ4n) is 0.659. The smallest absolute Gasteiger partial charge is 0.164 e. The average molecular weight is 250 g/mol. The van der Waals surface area contributed by atoms with E-state index >= 15 is 0 Å². The molecule has 1 rings (SSSR count). The standard InChI is InChI=1S/C6H7IN2O/c1-4(10)5-3-8-9(2)6(5)7/h3H,1-2H3. The number of aryl methyl sites for hydroxylation is 1.